The van der Waals surface area contributed by atoms with Crippen LogP contribution in [0, 0.1) is 6.92 Å². The number of fused-ring (bicyclic) bond motifs is 1. The number of hydrogen-bond acceptors (Lipinski definition) is 3. The standard InChI is InChI=1S/C16H14N2O2/c1-10-4-3-5-13-14(10)17-15(18(2)16(13)20)11-6-8-12(19)9-7-11/h3-9,19H,1-2H3. The number of phenolic OH excluding ortho intramolecular Hbond substituents is 1. The fourth-order valence-electron chi connectivity index (χ4n) is 2.31. The second kappa shape index (κ2) is 4.49. The van der Waals surface area contributed by atoms with Crippen LogP contribution in [0.15, 0.2) is 47.3 Å². The largest absolute Gasteiger partial charge is 0.508 e. The Bertz CT molecular complexity index is 849. The van der Waals surface area contributed by atoms with Crippen molar-refractivity contribution in [3.63, 3.8) is 0 Å². The van der Waals surface area contributed by atoms with Crippen LogP contribution in [-0.4, -0.2) is 14.7 Å². The van der Waals surface area contributed by atoms with Crippen molar-refractivity contribution in [2.24, 2.45) is 7.05 Å². The van der Waals surface area contributed by atoms with Crippen LogP contribution < -0.4 is 5.56 Å². The summed E-state index contributed by atoms with van der Waals surface area (Å²) in [6.45, 7) is 1.94. The monoisotopic (exact) mass is 266 g/mol. The lowest BCUT2D eigenvalue weighted by molar-refractivity contribution is 0.475. The summed E-state index contributed by atoms with van der Waals surface area (Å²) < 4.78 is 1.54. The van der Waals surface area contributed by atoms with Gasteiger partial charge in [0.05, 0.1) is 10.9 Å². The van der Waals surface area contributed by atoms with Crippen molar-refractivity contribution in [3.8, 4) is 17.1 Å². The molecule has 3 rings (SSSR count). The van der Waals surface area contributed by atoms with Crippen molar-refractivity contribution >= 4 is 10.9 Å². The van der Waals surface area contributed by atoms with Crippen molar-refractivity contribution in [1.82, 2.24) is 9.55 Å². The Kier molecular flexibility index (Phi) is 2.79. The van der Waals surface area contributed by atoms with Crippen molar-refractivity contribution in [2.75, 3.05) is 0 Å². The maximum absolute atomic E-state index is 12.4. The summed E-state index contributed by atoms with van der Waals surface area (Å²) in [4.78, 5) is 17.0. The van der Waals surface area contributed by atoms with Crippen molar-refractivity contribution in [1.29, 1.82) is 0 Å². The molecule has 0 bridgehead atoms. The predicted octanol–water partition coefficient (Wildman–Crippen LogP) is 2.61. The topological polar surface area (TPSA) is 55.1 Å². The van der Waals surface area contributed by atoms with Gasteiger partial charge in [0, 0.05) is 12.6 Å². The molecule has 0 saturated carbocycles. The lowest BCUT2D eigenvalue weighted by Crippen LogP contribution is -2.20. The zero-order chi connectivity index (χ0) is 14.3. The number of para-hydroxylation sites is 1. The Balaban J connectivity index is 2.37. The number of aromatic nitrogens is 2. The molecule has 2 aromatic carbocycles. The molecule has 1 aromatic heterocycles. The number of aryl methyl sites for hydroxylation is 1. The van der Waals surface area contributed by atoms with Crippen LogP contribution in [0.3, 0.4) is 0 Å². The van der Waals surface area contributed by atoms with Gasteiger partial charge in [-0.1, -0.05) is 12.1 Å². The highest BCUT2D eigenvalue weighted by molar-refractivity contribution is 5.82. The molecule has 100 valence electrons. The summed E-state index contributed by atoms with van der Waals surface area (Å²) in [5.74, 6) is 0.785. The Labute approximate surface area is 116 Å². The normalized spacial score (nSPS) is 10.9. The van der Waals surface area contributed by atoms with E-state index in [1.54, 1.807) is 37.4 Å². The summed E-state index contributed by atoms with van der Waals surface area (Å²) in [6, 6.07) is 12.3. The van der Waals surface area contributed by atoms with E-state index in [9.17, 15) is 9.90 Å². The summed E-state index contributed by atoms with van der Waals surface area (Å²) in [5, 5.41) is 9.97. The second-order valence-corrected chi connectivity index (χ2v) is 4.82. The van der Waals surface area contributed by atoms with Crippen molar-refractivity contribution < 1.29 is 5.11 Å². The van der Waals surface area contributed by atoms with Crippen LogP contribution in [0.1, 0.15) is 5.56 Å². The van der Waals surface area contributed by atoms with Gasteiger partial charge in [0.1, 0.15) is 11.6 Å². The Morgan fingerprint density at radius 2 is 1.80 bits per heavy atom. The van der Waals surface area contributed by atoms with Crippen molar-refractivity contribution in [3.05, 3.63) is 58.4 Å². The molecule has 0 saturated heterocycles. The van der Waals surface area contributed by atoms with E-state index >= 15 is 0 Å². The summed E-state index contributed by atoms with van der Waals surface area (Å²) >= 11 is 0. The Morgan fingerprint density at radius 1 is 1.10 bits per heavy atom. The summed E-state index contributed by atoms with van der Waals surface area (Å²) in [6.07, 6.45) is 0. The highest BCUT2D eigenvalue weighted by Gasteiger charge is 2.11. The van der Waals surface area contributed by atoms with E-state index in [0.29, 0.717) is 11.2 Å². The van der Waals surface area contributed by atoms with E-state index in [2.05, 4.69) is 4.98 Å². The van der Waals surface area contributed by atoms with Crippen LogP contribution in [0.5, 0.6) is 5.75 Å². The SMILES string of the molecule is Cc1cccc2c(=O)n(C)c(-c3ccc(O)cc3)nc12. The van der Waals surface area contributed by atoms with Crippen LogP contribution in [-0.2, 0) is 7.05 Å². The first-order chi connectivity index (χ1) is 9.58. The van der Waals surface area contributed by atoms with Gasteiger partial charge in [0.2, 0.25) is 0 Å². The molecular weight excluding hydrogens is 252 g/mol. The van der Waals surface area contributed by atoms with Gasteiger partial charge in [0.15, 0.2) is 0 Å². The number of benzene rings is 2. The zero-order valence-corrected chi connectivity index (χ0v) is 11.3. The molecule has 1 N–H and O–H groups in total. The molecule has 0 radical (unpaired) electrons. The average Bonchev–Trinajstić information content (AvgIpc) is 2.45. The van der Waals surface area contributed by atoms with E-state index in [1.807, 2.05) is 19.1 Å². The van der Waals surface area contributed by atoms with E-state index < -0.39 is 0 Å². The average molecular weight is 266 g/mol. The first-order valence-electron chi connectivity index (χ1n) is 6.33. The lowest BCUT2D eigenvalue weighted by Gasteiger charge is -2.10. The number of phenols is 1. The third-order valence-corrected chi connectivity index (χ3v) is 3.43. The highest BCUT2D eigenvalue weighted by Crippen LogP contribution is 2.21. The molecule has 0 fully saturated rings. The molecule has 1 heterocycles. The van der Waals surface area contributed by atoms with Gasteiger partial charge in [-0.05, 0) is 42.8 Å². The quantitative estimate of drug-likeness (QED) is 0.736. The van der Waals surface area contributed by atoms with Gasteiger partial charge >= 0.3 is 0 Å². The first kappa shape index (κ1) is 12.4. The highest BCUT2D eigenvalue weighted by atomic mass is 16.3. The second-order valence-electron chi connectivity index (χ2n) is 4.82. The molecule has 0 unspecified atom stereocenters. The molecule has 0 spiro atoms. The number of nitrogens with zero attached hydrogens (tertiary/aromatic N) is 2. The molecule has 0 atom stereocenters. The van der Waals surface area contributed by atoms with E-state index in [4.69, 9.17) is 0 Å². The minimum absolute atomic E-state index is 0.0678. The Hall–Kier alpha value is -2.62. The zero-order valence-electron chi connectivity index (χ0n) is 11.3. The molecule has 3 aromatic rings. The minimum atomic E-state index is -0.0678. The smallest absolute Gasteiger partial charge is 0.261 e. The summed E-state index contributed by atoms with van der Waals surface area (Å²) in [5.41, 5.74) is 2.42. The third-order valence-electron chi connectivity index (χ3n) is 3.43. The molecule has 20 heavy (non-hydrogen) atoms. The van der Waals surface area contributed by atoms with Gasteiger partial charge < -0.3 is 5.11 Å². The fourth-order valence-corrected chi connectivity index (χ4v) is 2.31. The van der Waals surface area contributed by atoms with Gasteiger partial charge in [0.25, 0.3) is 5.56 Å². The Morgan fingerprint density at radius 3 is 2.50 bits per heavy atom. The van der Waals surface area contributed by atoms with Gasteiger partial charge in [-0.3, -0.25) is 9.36 Å². The van der Waals surface area contributed by atoms with Crippen LogP contribution in [0.25, 0.3) is 22.3 Å². The van der Waals surface area contributed by atoms with Crippen LogP contribution >= 0.6 is 0 Å². The van der Waals surface area contributed by atoms with Gasteiger partial charge in [-0.2, -0.15) is 0 Å². The number of rotatable bonds is 1. The van der Waals surface area contributed by atoms with Crippen molar-refractivity contribution in [2.45, 2.75) is 6.92 Å². The minimum Gasteiger partial charge on any atom is -0.508 e. The maximum atomic E-state index is 12.4. The first-order valence-corrected chi connectivity index (χ1v) is 6.33. The fraction of sp³-hybridized carbons (Fsp3) is 0.125. The summed E-state index contributed by atoms with van der Waals surface area (Å²) in [7, 11) is 1.71. The van der Waals surface area contributed by atoms with Gasteiger partial charge in [-0.15, -0.1) is 0 Å². The maximum Gasteiger partial charge on any atom is 0.261 e. The predicted molar refractivity (Wildman–Crippen MR) is 78.8 cm³/mol. The molecule has 0 aliphatic carbocycles. The molecule has 4 nitrogen and oxygen atoms in total. The third kappa shape index (κ3) is 1.86. The molecule has 0 amide bonds. The lowest BCUT2D eigenvalue weighted by atomic mass is 10.1. The molecule has 0 aliphatic heterocycles. The van der Waals surface area contributed by atoms with Crippen LogP contribution in [0.2, 0.25) is 0 Å². The molecule has 4 heteroatoms. The van der Waals surface area contributed by atoms with Gasteiger partial charge in [-0.25, -0.2) is 4.98 Å². The van der Waals surface area contributed by atoms with E-state index in [1.165, 1.54) is 4.57 Å². The molecular formula is C16H14N2O2. The van der Waals surface area contributed by atoms with E-state index in [0.717, 1.165) is 16.6 Å². The van der Waals surface area contributed by atoms with E-state index in [-0.39, 0.29) is 11.3 Å². The number of aromatic hydroxyl groups is 1. The molecule has 0 aliphatic rings. The number of hydrogen-bond donors (Lipinski definition) is 1. The van der Waals surface area contributed by atoms with Crippen LogP contribution in [0.4, 0.5) is 0 Å².